The molecule has 1 heterocycles. The van der Waals surface area contributed by atoms with E-state index >= 15 is 0 Å². The molecule has 2 N–H and O–H groups in total. The number of hydrogen-bond donors (Lipinski definition) is 1. The van der Waals surface area contributed by atoms with Crippen LogP contribution in [0.4, 0.5) is 0 Å². The quantitative estimate of drug-likeness (QED) is 0.820. The molecule has 1 atom stereocenters. The minimum atomic E-state index is 0.262. The second-order valence-electron chi connectivity index (χ2n) is 3.35. The standard InChI is InChI=1S/C10H12BrNS/c11-9-4-5-13-10(9)7-2-1-3-8(12)6-7/h4-6,8H,1-3,12H2. The molecule has 70 valence electrons. The number of nitrogens with two attached hydrogens (primary N) is 1. The summed E-state index contributed by atoms with van der Waals surface area (Å²) in [6.07, 6.45) is 5.73. The van der Waals surface area contributed by atoms with E-state index in [4.69, 9.17) is 5.73 Å². The fraction of sp³-hybridized carbons (Fsp3) is 0.400. The van der Waals surface area contributed by atoms with E-state index in [1.54, 1.807) is 11.3 Å². The lowest BCUT2D eigenvalue weighted by Crippen LogP contribution is -2.19. The molecule has 0 fully saturated rings. The van der Waals surface area contributed by atoms with E-state index in [-0.39, 0.29) is 6.04 Å². The van der Waals surface area contributed by atoms with E-state index in [9.17, 15) is 0 Å². The van der Waals surface area contributed by atoms with Crippen LogP contribution in [0.15, 0.2) is 22.0 Å². The van der Waals surface area contributed by atoms with Crippen molar-refractivity contribution >= 4 is 32.8 Å². The van der Waals surface area contributed by atoms with Crippen molar-refractivity contribution in [1.82, 2.24) is 0 Å². The van der Waals surface area contributed by atoms with Gasteiger partial charge in [0.05, 0.1) is 0 Å². The molecule has 0 amide bonds. The molecule has 1 unspecified atom stereocenters. The van der Waals surface area contributed by atoms with Crippen molar-refractivity contribution in [2.75, 3.05) is 0 Å². The number of allylic oxidation sites excluding steroid dienone is 1. The molecule has 1 aromatic heterocycles. The largest absolute Gasteiger partial charge is 0.324 e. The average Bonchev–Trinajstić information content (AvgIpc) is 2.51. The summed E-state index contributed by atoms with van der Waals surface area (Å²) in [5, 5.41) is 2.11. The van der Waals surface area contributed by atoms with Gasteiger partial charge in [-0.2, -0.15) is 0 Å². The van der Waals surface area contributed by atoms with Gasteiger partial charge < -0.3 is 5.73 Å². The van der Waals surface area contributed by atoms with Crippen molar-refractivity contribution in [3.63, 3.8) is 0 Å². The molecule has 1 aromatic rings. The minimum Gasteiger partial charge on any atom is -0.324 e. The summed E-state index contributed by atoms with van der Waals surface area (Å²) in [6.45, 7) is 0. The highest BCUT2D eigenvalue weighted by atomic mass is 79.9. The first kappa shape index (κ1) is 9.44. The normalized spacial score (nSPS) is 22.9. The van der Waals surface area contributed by atoms with E-state index in [2.05, 4.69) is 33.5 Å². The maximum atomic E-state index is 5.89. The Balaban J connectivity index is 2.30. The lowest BCUT2D eigenvalue weighted by Gasteiger charge is -2.16. The van der Waals surface area contributed by atoms with Crippen LogP contribution in [0, 0.1) is 0 Å². The summed E-state index contributed by atoms with van der Waals surface area (Å²) in [7, 11) is 0. The highest BCUT2D eigenvalue weighted by Gasteiger charge is 2.14. The van der Waals surface area contributed by atoms with Gasteiger partial charge >= 0.3 is 0 Å². The van der Waals surface area contributed by atoms with Gasteiger partial charge in [0.2, 0.25) is 0 Å². The number of hydrogen-bond acceptors (Lipinski definition) is 2. The van der Waals surface area contributed by atoms with Crippen LogP contribution in [0.2, 0.25) is 0 Å². The lowest BCUT2D eigenvalue weighted by molar-refractivity contribution is 0.655. The number of halogens is 1. The Hall–Kier alpha value is -0.120. The highest BCUT2D eigenvalue weighted by Crippen LogP contribution is 2.34. The third kappa shape index (κ3) is 2.03. The van der Waals surface area contributed by atoms with Gasteiger partial charge in [-0.1, -0.05) is 6.08 Å². The van der Waals surface area contributed by atoms with Crippen LogP contribution >= 0.6 is 27.3 Å². The molecule has 0 aromatic carbocycles. The van der Waals surface area contributed by atoms with Gasteiger partial charge in [-0.05, 0) is 52.2 Å². The Morgan fingerprint density at radius 2 is 2.38 bits per heavy atom. The molecule has 0 saturated heterocycles. The molecule has 2 rings (SSSR count). The SMILES string of the molecule is NC1C=C(c2sccc2Br)CCC1. The van der Waals surface area contributed by atoms with Crippen molar-refractivity contribution in [2.24, 2.45) is 5.73 Å². The third-order valence-electron chi connectivity index (χ3n) is 2.31. The van der Waals surface area contributed by atoms with Crippen LogP contribution in [0.3, 0.4) is 0 Å². The summed E-state index contributed by atoms with van der Waals surface area (Å²) in [5.74, 6) is 0. The summed E-state index contributed by atoms with van der Waals surface area (Å²) >= 11 is 5.34. The Morgan fingerprint density at radius 1 is 1.54 bits per heavy atom. The zero-order valence-electron chi connectivity index (χ0n) is 7.29. The molecule has 0 radical (unpaired) electrons. The lowest BCUT2D eigenvalue weighted by atomic mass is 9.95. The van der Waals surface area contributed by atoms with Gasteiger partial charge in [0, 0.05) is 15.4 Å². The first-order chi connectivity index (χ1) is 6.27. The molecular weight excluding hydrogens is 246 g/mol. The van der Waals surface area contributed by atoms with Gasteiger partial charge in [0.1, 0.15) is 0 Å². The van der Waals surface area contributed by atoms with Gasteiger partial charge in [0.25, 0.3) is 0 Å². The summed E-state index contributed by atoms with van der Waals surface area (Å²) < 4.78 is 1.21. The molecule has 0 spiro atoms. The fourth-order valence-electron chi connectivity index (χ4n) is 1.67. The molecule has 0 saturated carbocycles. The van der Waals surface area contributed by atoms with Gasteiger partial charge in [-0.15, -0.1) is 11.3 Å². The van der Waals surface area contributed by atoms with Gasteiger partial charge in [-0.25, -0.2) is 0 Å². The van der Waals surface area contributed by atoms with Crippen molar-refractivity contribution in [3.05, 3.63) is 26.9 Å². The molecule has 0 bridgehead atoms. The minimum absolute atomic E-state index is 0.262. The third-order valence-corrected chi connectivity index (χ3v) is 4.22. The Kier molecular flexibility index (Phi) is 2.86. The highest BCUT2D eigenvalue weighted by molar-refractivity contribution is 9.10. The topological polar surface area (TPSA) is 26.0 Å². The van der Waals surface area contributed by atoms with E-state index in [0.29, 0.717) is 0 Å². The van der Waals surface area contributed by atoms with Crippen molar-refractivity contribution in [1.29, 1.82) is 0 Å². The van der Waals surface area contributed by atoms with E-state index in [1.807, 2.05) is 0 Å². The van der Waals surface area contributed by atoms with Gasteiger partial charge in [-0.3, -0.25) is 0 Å². The summed E-state index contributed by atoms with van der Waals surface area (Å²) in [5.41, 5.74) is 7.31. The Morgan fingerprint density at radius 3 is 3.00 bits per heavy atom. The van der Waals surface area contributed by atoms with Crippen LogP contribution in [-0.2, 0) is 0 Å². The zero-order valence-corrected chi connectivity index (χ0v) is 9.70. The first-order valence-electron chi connectivity index (χ1n) is 4.47. The van der Waals surface area contributed by atoms with Crippen LogP contribution in [0.5, 0.6) is 0 Å². The maximum absolute atomic E-state index is 5.89. The predicted octanol–water partition coefficient (Wildman–Crippen LogP) is 3.41. The Bertz CT molecular complexity index is 329. The zero-order chi connectivity index (χ0) is 9.26. The predicted molar refractivity (Wildman–Crippen MR) is 61.8 cm³/mol. The molecular formula is C10H12BrNS. The molecule has 1 aliphatic carbocycles. The van der Waals surface area contributed by atoms with Crippen LogP contribution in [0.25, 0.3) is 5.57 Å². The molecule has 3 heteroatoms. The van der Waals surface area contributed by atoms with Gasteiger partial charge in [0.15, 0.2) is 0 Å². The second kappa shape index (κ2) is 3.95. The smallest absolute Gasteiger partial charge is 0.0441 e. The number of thiophene rings is 1. The molecule has 13 heavy (non-hydrogen) atoms. The van der Waals surface area contributed by atoms with Crippen molar-refractivity contribution in [2.45, 2.75) is 25.3 Å². The van der Waals surface area contributed by atoms with E-state index in [0.717, 1.165) is 6.42 Å². The average molecular weight is 258 g/mol. The van der Waals surface area contributed by atoms with Crippen molar-refractivity contribution in [3.8, 4) is 0 Å². The maximum Gasteiger partial charge on any atom is 0.0441 e. The summed E-state index contributed by atoms with van der Waals surface area (Å²) in [4.78, 5) is 1.36. The first-order valence-corrected chi connectivity index (χ1v) is 6.14. The molecule has 1 nitrogen and oxygen atoms in total. The van der Waals surface area contributed by atoms with Crippen molar-refractivity contribution < 1.29 is 0 Å². The summed E-state index contributed by atoms with van der Waals surface area (Å²) in [6, 6.07) is 2.36. The molecule has 1 aliphatic rings. The van der Waals surface area contributed by atoms with E-state index in [1.165, 1.54) is 27.8 Å². The number of rotatable bonds is 1. The fourth-order valence-corrected chi connectivity index (χ4v) is 3.35. The molecule has 0 aliphatic heterocycles. The van der Waals surface area contributed by atoms with E-state index < -0.39 is 0 Å². The monoisotopic (exact) mass is 257 g/mol. The van der Waals surface area contributed by atoms with Crippen LogP contribution < -0.4 is 5.73 Å². The van der Waals surface area contributed by atoms with Crippen LogP contribution in [0.1, 0.15) is 24.1 Å². The Labute approximate surface area is 90.8 Å². The second-order valence-corrected chi connectivity index (χ2v) is 5.12. The van der Waals surface area contributed by atoms with Crippen LogP contribution in [-0.4, -0.2) is 6.04 Å².